The minimum atomic E-state index is -2.78. The second-order valence-corrected chi connectivity index (χ2v) is 7.00. The second-order valence-electron chi connectivity index (χ2n) is 4.77. The molecule has 1 rings (SSSR count). The lowest BCUT2D eigenvalue weighted by Crippen LogP contribution is -2.46. The second kappa shape index (κ2) is 6.57. The summed E-state index contributed by atoms with van der Waals surface area (Å²) in [6.45, 7) is 6.93. The highest BCUT2D eigenvalue weighted by Gasteiger charge is 2.23. The van der Waals surface area contributed by atoms with Crippen LogP contribution in [-0.2, 0) is 9.84 Å². The van der Waals surface area contributed by atoms with Crippen LogP contribution >= 0.6 is 0 Å². The van der Waals surface area contributed by atoms with Crippen molar-refractivity contribution in [3.63, 3.8) is 0 Å². The molecule has 2 N–H and O–H groups in total. The van der Waals surface area contributed by atoms with Crippen molar-refractivity contribution in [2.45, 2.75) is 32.7 Å². The summed E-state index contributed by atoms with van der Waals surface area (Å²) in [6, 6.07) is 0.142. The Morgan fingerprint density at radius 2 is 2.25 bits per heavy atom. The van der Waals surface area contributed by atoms with E-state index in [0.717, 1.165) is 19.5 Å². The quantitative estimate of drug-likeness (QED) is 0.668. The average Bonchev–Trinajstić information content (AvgIpc) is 2.22. The Balaban J connectivity index is 2.13. The Labute approximate surface area is 99.1 Å². The van der Waals surface area contributed by atoms with Gasteiger partial charge in [-0.05, 0) is 25.4 Å². The van der Waals surface area contributed by atoms with E-state index in [2.05, 4.69) is 24.5 Å². The van der Waals surface area contributed by atoms with Gasteiger partial charge >= 0.3 is 0 Å². The van der Waals surface area contributed by atoms with Crippen molar-refractivity contribution in [3.8, 4) is 0 Å². The number of nitrogens with one attached hydrogen (secondary N) is 2. The highest BCUT2D eigenvalue weighted by molar-refractivity contribution is 7.91. The maximum Gasteiger partial charge on any atom is 0.153 e. The molecule has 0 amide bonds. The molecule has 0 bridgehead atoms. The first-order valence-corrected chi connectivity index (χ1v) is 8.00. The molecule has 5 heteroatoms. The van der Waals surface area contributed by atoms with Crippen LogP contribution in [0, 0.1) is 5.92 Å². The molecule has 0 aromatic carbocycles. The molecule has 1 saturated heterocycles. The van der Waals surface area contributed by atoms with E-state index in [0.29, 0.717) is 24.0 Å². The van der Waals surface area contributed by atoms with Gasteiger partial charge in [-0.3, -0.25) is 0 Å². The molecule has 0 saturated carbocycles. The lowest BCUT2D eigenvalue weighted by Gasteiger charge is -2.23. The number of sulfone groups is 1. The Hall–Kier alpha value is -0.130. The highest BCUT2D eigenvalue weighted by Crippen LogP contribution is 2.04. The lowest BCUT2D eigenvalue weighted by molar-refractivity contribution is 0.451. The maximum absolute atomic E-state index is 11.4. The number of rotatable bonds is 6. The third kappa shape index (κ3) is 5.27. The van der Waals surface area contributed by atoms with Gasteiger partial charge in [-0.2, -0.15) is 0 Å². The minimum absolute atomic E-state index is 0.142. The van der Waals surface area contributed by atoms with E-state index in [1.165, 1.54) is 6.42 Å². The smallest absolute Gasteiger partial charge is 0.153 e. The van der Waals surface area contributed by atoms with Gasteiger partial charge in [0.15, 0.2) is 9.84 Å². The van der Waals surface area contributed by atoms with Crippen molar-refractivity contribution in [2.24, 2.45) is 5.92 Å². The van der Waals surface area contributed by atoms with Crippen LogP contribution in [0.1, 0.15) is 26.7 Å². The summed E-state index contributed by atoms with van der Waals surface area (Å²) in [5.41, 5.74) is 0. The van der Waals surface area contributed by atoms with Crippen LogP contribution in [0.2, 0.25) is 0 Å². The van der Waals surface area contributed by atoms with Crippen molar-refractivity contribution < 1.29 is 8.42 Å². The summed E-state index contributed by atoms with van der Waals surface area (Å²) in [4.78, 5) is 0. The molecule has 96 valence electrons. The molecule has 2 unspecified atom stereocenters. The third-order valence-electron chi connectivity index (χ3n) is 3.16. The van der Waals surface area contributed by atoms with Crippen LogP contribution in [0.25, 0.3) is 0 Å². The van der Waals surface area contributed by atoms with Gasteiger partial charge in [-0.15, -0.1) is 0 Å². The first-order valence-electron chi connectivity index (χ1n) is 6.18. The average molecular weight is 248 g/mol. The summed E-state index contributed by atoms with van der Waals surface area (Å²) < 4.78 is 22.8. The predicted octanol–water partition coefficient (Wildman–Crippen LogP) is 0.399. The number of hydrogen-bond acceptors (Lipinski definition) is 4. The van der Waals surface area contributed by atoms with Crippen LogP contribution in [0.15, 0.2) is 0 Å². The van der Waals surface area contributed by atoms with Gasteiger partial charge in [-0.25, -0.2) is 8.42 Å². The third-order valence-corrected chi connectivity index (χ3v) is 4.90. The topological polar surface area (TPSA) is 58.2 Å². The van der Waals surface area contributed by atoms with Crippen molar-refractivity contribution in [1.29, 1.82) is 0 Å². The lowest BCUT2D eigenvalue weighted by atomic mass is 10.1. The first kappa shape index (κ1) is 13.9. The predicted molar refractivity (Wildman–Crippen MR) is 67.4 cm³/mol. The van der Waals surface area contributed by atoms with E-state index >= 15 is 0 Å². The fourth-order valence-electron chi connectivity index (χ4n) is 1.82. The van der Waals surface area contributed by atoms with E-state index in [9.17, 15) is 8.42 Å². The van der Waals surface area contributed by atoms with Crippen LogP contribution < -0.4 is 10.6 Å². The van der Waals surface area contributed by atoms with Gasteiger partial charge in [0.05, 0.1) is 11.5 Å². The Kier molecular flexibility index (Phi) is 5.72. The molecule has 0 aromatic rings. The van der Waals surface area contributed by atoms with Crippen molar-refractivity contribution in [3.05, 3.63) is 0 Å². The SMILES string of the molecule is CCC(C)CNCCC1CS(=O)(=O)CCN1. The zero-order chi connectivity index (χ0) is 12.0. The molecule has 2 atom stereocenters. The van der Waals surface area contributed by atoms with E-state index in [4.69, 9.17) is 0 Å². The van der Waals surface area contributed by atoms with Crippen LogP contribution in [-0.4, -0.2) is 45.6 Å². The summed E-state index contributed by atoms with van der Waals surface area (Å²) in [6.07, 6.45) is 2.08. The fourth-order valence-corrected chi connectivity index (χ4v) is 3.31. The van der Waals surface area contributed by atoms with Crippen molar-refractivity contribution >= 4 is 9.84 Å². The van der Waals surface area contributed by atoms with Crippen LogP contribution in [0.4, 0.5) is 0 Å². The highest BCUT2D eigenvalue weighted by atomic mass is 32.2. The largest absolute Gasteiger partial charge is 0.316 e. The van der Waals surface area contributed by atoms with E-state index in [1.807, 2.05) is 0 Å². The molecule has 1 aliphatic heterocycles. The van der Waals surface area contributed by atoms with E-state index in [-0.39, 0.29) is 6.04 Å². The van der Waals surface area contributed by atoms with Gasteiger partial charge in [-0.1, -0.05) is 20.3 Å². The standard InChI is InChI=1S/C11H24N2O2S/c1-3-10(2)8-12-5-4-11-9-16(14,15)7-6-13-11/h10-13H,3-9H2,1-2H3. The molecule has 0 spiro atoms. The summed E-state index contributed by atoms with van der Waals surface area (Å²) in [5.74, 6) is 1.30. The van der Waals surface area contributed by atoms with Crippen LogP contribution in [0.3, 0.4) is 0 Å². The molecule has 0 aromatic heterocycles. The first-order chi connectivity index (χ1) is 7.53. The monoisotopic (exact) mass is 248 g/mol. The molecule has 0 radical (unpaired) electrons. The summed E-state index contributed by atoms with van der Waals surface area (Å²) in [7, 11) is -2.78. The maximum atomic E-state index is 11.4. The summed E-state index contributed by atoms with van der Waals surface area (Å²) >= 11 is 0. The van der Waals surface area contributed by atoms with Crippen LogP contribution in [0.5, 0.6) is 0 Å². The fraction of sp³-hybridized carbons (Fsp3) is 1.00. The Morgan fingerprint density at radius 1 is 1.50 bits per heavy atom. The molecule has 1 heterocycles. The Bertz CT molecular complexity index is 290. The van der Waals surface area contributed by atoms with E-state index < -0.39 is 9.84 Å². The number of hydrogen-bond donors (Lipinski definition) is 2. The summed E-state index contributed by atoms with van der Waals surface area (Å²) in [5, 5.41) is 6.63. The molecule has 16 heavy (non-hydrogen) atoms. The van der Waals surface area contributed by atoms with Gasteiger partial charge in [0.2, 0.25) is 0 Å². The molecule has 0 aliphatic carbocycles. The van der Waals surface area contributed by atoms with Gasteiger partial charge in [0.25, 0.3) is 0 Å². The van der Waals surface area contributed by atoms with E-state index in [1.54, 1.807) is 0 Å². The van der Waals surface area contributed by atoms with Crippen molar-refractivity contribution in [2.75, 3.05) is 31.1 Å². The molecule has 1 fully saturated rings. The van der Waals surface area contributed by atoms with Crippen molar-refractivity contribution in [1.82, 2.24) is 10.6 Å². The molecule has 1 aliphatic rings. The van der Waals surface area contributed by atoms with Gasteiger partial charge in [0.1, 0.15) is 0 Å². The zero-order valence-electron chi connectivity index (χ0n) is 10.3. The molecular formula is C11H24N2O2S. The van der Waals surface area contributed by atoms with Gasteiger partial charge < -0.3 is 10.6 Å². The Morgan fingerprint density at radius 3 is 2.88 bits per heavy atom. The normalized spacial score (nSPS) is 26.5. The minimum Gasteiger partial charge on any atom is -0.316 e. The molecule has 4 nitrogen and oxygen atoms in total. The van der Waals surface area contributed by atoms with Gasteiger partial charge in [0, 0.05) is 12.6 Å². The zero-order valence-corrected chi connectivity index (χ0v) is 11.1. The molecular weight excluding hydrogens is 224 g/mol.